The molecule has 0 radical (unpaired) electrons. The van der Waals surface area contributed by atoms with Crippen LogP contribution in [0.15, 0.2) is 24.3 Å². The lowest BCUT2D eigenvalue weighted by atomic mass is 10.1. The van der Waals surface area contributed by atoms with Gasteiger partial charge in [0, 0.05) is 12.8 Å². The van der Waals surface area contributed by atoms with Crippen molar-refractivity contribution in [2.45, 2.75) is 213 Å². The Bertz CT molecular complexity index is 701. The first-order valence-corrected chi connectivity index (χ1v) is 19.9. The van der Waals surface area contributed by atoms with Gasteiger partial charge in [0.15, 0.2) is 6.10 Å². The van der Waals surface area contributed by atoms with Gasteiger partial charge in [-0.2, -0.15) is 0 Å². The Labute approximate surface area is 285 Å². The monoisotopic (exact) mass is 649 g/mol. The summed E-state index contributed by atoms with van der Waals surface area (Å²) in [4.78, 5) is 24.2. The van der Waals surface area contributed by atoms with E-state index in [0.29, 0.717) is 12.8 Å². The van der Waals surface area contributed by atoms with E-state index < -0.39 is 6.10 Å². The molecular formula is C41H76O5. The largest absolute Gasteiger partial charge is 0.462 e. The molecule has 1 N–H and O–H groups in total. The quantitative estimate of drug-likeness (QED) is 0.0416. The zero-order valence-corrected chi connectivity index (χ0v) is 30.6. The van der Waals surface area contributed by atoms with E-state index >= 15 is 0 Å². The molecule has 0 saturated carbocycles. The van der Waals surface area contributed by atoms with Gasteiger partial charge in [-0.3, -0.25) is 9.59 Å². The number of esters is 2. The summed E-state index contributed by atoms with van der Waals surface area (Å²) in [7, 11) is 0. The van der Waals surface area contributed by atoms with Crippen molar-refractivity contribution >= 4 is 11.9 Å². The molecule has 0 heterocycles. The van der Waals surface area contributed by atoms with Gasteiger partial charge in [-0.05, 0) is 64.2 Å². The first-order valence-electron chi connectivity index (χ1n) is 19.9. The van der Waals surface area contributed by atoms with Gasteiger partial charge >= 0.3 is 11.9 Å². The predicted octanol–water partition coefficient (Wildman–Crippen LogP) is 12.3. The topological polar surface area (TPSA) is 72.8 Å². The molecule has 270 valence electrons. The van der Waals surface area contributed by atoms with Crippen molar-refractivity contribution in [2.75, 3.05) is 13.2 Å². The average molecular weight is 649 g/mol. The van der Waals surface area contributed by atoms with Crippen LogP contribution in [0.2, 0.25) is 0 Å². The molecule has 0 aliphatic carbocycles. The van der Waals surface area contributed by atoms with Crippen LogP contribution in [0.25, 0.3) is 0 Å². The van der Waals surface area contributed by atoms with Gasteiger partial charge < -0.3 is 14.6 Å². The molecular weight excluding hydrogens is 572 g/mol. The number of carbonyl (C=O) groups is 2. The number of carbonyl (C=O) groups excluding carboxylic acids is 2. The number of aliphatic hydroxyl groups excluding tert-OH is 1. The number of hydrogen-bond donors (Lipinski definition) is 1. The molecule has 0 amide bonds. The molecule has 0 unspecified atom stereocenters. The second-order valence-corrected chi connectivity index (χ2v) is 13.4. The first kappa shape index (κ1) is 44.4. The van der Waals surface area contributed by atoms with Crippen molar-refractivity contribution in [1.82, 2.24) is 0 Å². The van der Waals surface area contributed by atoms with E-state index in [1.54, 1.807) is 0 Å². The van der Waals surface area contributed by atoms with Gasteiger partial charge in [-0.15, -0.1) is 0 Å². The van der Waals surface area contributed by atoms with Gasteiger partial charge in [0.2, 0.25) is 0 Å². The zero-order chi connectivity index (χ0) is 33.6. The SMILES string of the molecule is CCCCCCC=CCCCCCCCCCC(=O)O[C@@H](CO)COC(=O)CCCCCCCCCC=CCCCCCCCC. The standard InChI is InChI=1S/C41H76O5/c1-3-5-7-9-11-13-15-17-19-20-22-23-25-27-29-31-33-35-40(43)45-38-39(37-42)46-41(44)36-34-32-30-28-26-24-21-18-16-14-12-10-8-6-4-2/h14,16-17,19,39,42H,3-13,15,18,20-38H2,1-2H3/t39-/m0/s1. The zero-order valence-electron chi connectivity index (χ0n) is 30.6. The molecule has 0 bridgehead atoms. The number of allylic oxidation sites excluding steroid dienone is 4. The Hall–Kier alpha value is -1.62. The Morgan fingerprint density at radius 2 is 0.804 bits per heavy atom. The van der Waals surface area contributed by atoms with Crippen molar-refractivity contribution in [3.63, 3.8) is 0 Å². The third-order valence-electron chi connectivity index (χ3n) is 8.72. The van der Waals surface area contributed by atoms with Crippen LogP contribution in [0.3, 0.4) is 0 Å². The van der Waals surface area contributed by atoms with Crippen molar-refractivity contribution in [2.24, 2.45) is 0 Å². The Morgan fingerprint density at radius 3 is 1.20 bits per heavy atom. The molecule has 46 heavy (non-hydrogen) atoms. The second-order valence-electron chi connectivity index (χ2n) is 13.4. The Kier molecular flexibility index (Phi) is 36.5. The molecule has 0 spiro atoms. The first-order chi connectivity index (χ1) is 22.6. The third kappa shape index (κ3) is 35.2. The highest BCUT2D eigenvalue weighted by Gasteiger charge is 2.16. The van der Waals surface area contributed by atoms with Crippen LogP contribution in [0.4, 0.5) is 0 Å². The summed E-state index contributed by atoms with van der Waals surface area (Å²) in [6.45, 7) is 4.12. The van der Waals surface area contributed by atoms with E-state index in [1.165, 1.54) is 141 Å². The second kappa shape index (κ2) is 37.8. The Balaban J connectivity index is 3.54. The summed E-state index contributed by atoms with van der Waals surface area (Å²) in [5.74, 6) is -0.596. The maximum Gasteiger partial charge on any atom is 0.306 e. The summed E-state index contributed by atoms with van der Waals surface area (Å²) in [6, 6.07) is 0. The summed E-state index contributed by atoms with van der Waals surface area (Å²) in [5.41, 5.74) is 0. The van der Waals surface area contributed by atoms with Crippen LogP contribution in [-0.2, 0) is 19.1 Å². The van der Waals surface area contributed by atoms with Gasteiger partial charge in [-0.25, -0.2) is 0 Å². The van der Waals surface area contributed by atoms with Crippen LogP contribution in [0.5, 0.6) is 0 Å². The van der Waals surface area contributed by atoms with Crippen molar-refractivity contribution in [1.29, 1.82) is 0 Å². The maximum atomic E-state index is 12.2. The molecule has 0 aromatic carbocycles. The number of unbranched alkanes of at least 4 members (excludes halogenated alkanes) is 24. The van der Waals surface area contributed by atoms with Crippen LogP contribution >= 0.6 is 0 Å². The van der Waals surface area contributed by atoms with Crippen LogP contribution in [-0.4, -0.2) is 36.4 Å². The van der Waals surface area contributed by atoms with Gasteiger partial charge in [0.1, 0.15) is 6.61 Å². The normalized spacial score (nSPS) is 12.3. The number of ether oxygens (including phenoxy) is 2. The molecule has 0 saturated heterocycles. The van der Waals surface area contributed by atoms with E-state index in [1.807, 2.05) is 0 Å². The maximum absolute atomic E-state index is 12.2. The van der Waals surface area contributed by atoms with Gasteiger partial charge in [0.25, 0.3) is 0 Å². The van der Waals surface area contributed by atoms with Crippen molar-refractivity contribution in [3.05, 3.63) is 24.3 Å². The summed E-state index contributed by atoms with van der Waals surface area (Å²) in [5, 5.41) is 9.55. The molecule has 0 aliphatic heterocycles. The van der Waals surface area contributed by atoms with Crippen LogP contribution in [0.1, 0.15) is 206 Å². The fourth-order valence-electron chi connectivity index (χ4n) is 5.66. The molecule has 0 fully saturated rings. The van der Waals surface area contributed by atoms with Gasteiger partial charge in [0.05, 0.1) is 6.61 Å². The molecule has 0 aliphatic rings. The Morgan fingerprint density at radius 1 is 0.478 bits per heavy atom. The highest BCUT2D eigenvalue weighted by Crippen LogP contribution is 2.13. The minimum Gasteiger partial charge on any atom is -0.462 e. The van der Waals surface area contributed by atoms with E-state index in [9.17, 15) is 14.7 Å². The van der Waals surface area contributed by atoms with Gasteiger partial charge in [-0.1, -0.05) is 154 Å². The molecule has 0 aromatic rings. The number of hydrogen-bond acceptors (Lipinski definition) is 5. The summed E-state index contributed by atoms with van der Waals surface area (Å²) < 4.78 is 10.6. The fourth-order valence-corrected chi connectivity index (χ4v) is 5.66. The average Bonchev–Trinajstić information content (AvgIpc) is 3.06. The minimum atomic E-state index is -0.771. The molecule has 0 rings (SSSR count). The highest BCUT2D eigenvalue weighted by molar-refractivity contribution is 5.70. The van der Waals surface area contributed by atoms with Crippen molar-refractivity contribution in [3.8, 4) is 0 Å². The third-order valence-corrected chi connectivity index (χ3v) is 8.72. The smallest absolute Gasteiger partial charge is 0.306 e. The molecule has 5 nitrogen and oxygen atoms in total. The van der Waals surface area contributed by atoms with E-state index in [4.69, 9.17) is 9.47 Å². The minimum absolute atomic E-state index is 0.0669. The van der Waals surface area contributed by atoms with Crippen LogP contribution < -0.4 is 0 Å². The van der Waals surface area contributed by atoms with Crippen LogP contribution in [0, 0.1) is 0 Å². The lowest BCUT2D eigenvalue weighted by Crippen LogP contribution is -2.28. The summed E-state index contributed by atoms with van der Waals surface area (Å²) in [6.07, 6.45) is 43.8. The lowest BCUT2D eigenvalue weighted by molar-refractivity contribution is -0.161. The molecule has 1 atom stereocenters. The fraction of sp³-hybridized carbons (Fsp3) is 0.854. The van der Waals surface area contributed by atoms with E-state index in [2.05, 4.69) is 38.2 Å². The lowest BCUT2D eigenvalue weighted by Gasteiger charge is -2.15. The number of aliphatic hydroxyl groups is 1. The van der Waals surface area contributed by atoms with Crippen molar-refractivity contribution < 1.29 is 24.2 Å². The predicted molar refractivity (Wildman–Crippen MR) is 196 cm³/mol. The number of rotatable bonds is 36. The van der Waals surface area contributed by atoms with E-state index in [0.717, 1.165) is 38.5 Å². The highest BCUT2D eigenvalue weighted by atomic mass is 16.6. The molecule has 0 aromatic heterocycles. The summed E-state index contributed by atoms with van der Waals surface area (Å²) >= 11 is 0. The van der Waals surface area contributed by atoms with E-state index in [-0.39, 0.29) is 25.2 Å². The molecule has 5 heteroatoms.